The number of rotatable bonds is 8. The van der Waals surface area contributed by atoms with Crippen molar-refractivity contribution in [2.75, 3.05) is 11.1 Å². The number of aryl methyl sites for hydroxylation is 8. The number of nitrogen functional groups attached to an aromatic ring is 1. The standard InChI is InChI=1S/C26H26N4O.C21H25N2.C20H20ClN3O.C6H7N.ClH/c1-17-7-11-21(12-8-17)29-25-22(13-14-24(28-25)27-20-5-3-2-4-6-20)30(26(29)31)23-16-18-9-10-19(23)15-18;1-14-9-16(3)20(17(4)10-14)22-7-8-23(13-22)21-18(5)11-15(2)12-19(21)6;1-12-2-6-15(7-3-12)23-19-16(8-9-18(21)22-19)24(20(23)25)17-11-13-4-5-14(17)10-13;7-6-4-2-1-3-5-6;/h2-8,11-14,18-19,23H,9-10,15-16H2,1H3,(H,27,28);7-13H,1-6H3;2-3,6-9,13-14,17H,4-5,10-11H2,1H3;1-5H,7H2;1H/q;+1;;;/p-1. The molecule has 0 saturated heterocycles. The number of para-hydroxylation sites is 2. The number of hydrogen-bond donors (Lipinski definition) is 2. The molecule has 5 aromatic heterocycles. The molecule has 4 aliphatic rings. The van der Waals surface area contributed by atoms with Gasteiger partial charge in [-0.3, -0.25) is 9.13 Å². The number of nitrogens with two attached hydrogens (primary N) is 1. The van der Waals surface area contributed by atoms with Gasteiger partial charge in [0, 0.05) is 23.5 Å². The first kappa shape index (κ1) is 60.2. The van der Waals surface area contributed by atoms with Crippen LogP contribution in [-0.4, -0.2) is 32.8 Å². The van der Waals surface area contributed by atoms with Crippen LogP contribution in [-0.2, 0) is 0 Å². The van der Waals surface area contributed by atoms with Crippen molar-refractivity contribution >= 4 is 51.1 Å². The van der Waals surface area contributed by atoms with Gasteiger partial charge in [-0.2, -0.15) is 0 Å². The van der Waals surface area contributed by atoms with Crippen molar-refractivity contribution in [2.45, 2.75) is 119 Å². The molecule has 0 amide bonds. The van der Waals surface area contributed by atoms with Gasteiger partial charge in [-0.25, -0.2) is 37.8 Å². The van der Waals surface area contributed by atoms with Gasteiger partial charge in [0.2, 0.25) is 0 Å². The number of nitrogens with zero attached hydrogens (tertiary/aromatic N) is 8. The molecule has 6 aromatic carbocycles. The van der Waals surface area contributed by atoms with E-state index in [1.54, 1.807) is 15.2 Å². The van der Waals surface area contributed by atoms with E-state index in [-0.39, 0.29) is 29.8 Å². The van der Waals surface area contributed by atoms with E-state index in [0.717, 1.165) is 69.9 Å². The summed E-state index contributed by atoms with van der Waals surface area (Å²) in [6.07, 6.45) is 16.3. The molecule has 5 heterocycles. The Kier molecular flexibility index (Phi) is 17.6. The number of halogens is 2. The highest BCUT2D eigenvalue weighted by molar-refractivity contribution is 6.29. The minimum Gasteiger partial charge on any atom is -1.00 e. The van der Waals surface area contributed by atoms with Gasteiger partial charge in [-0.1, -0.05) is 132 Å². The summed E-state index contributed by atoms with van der Waals surface area (Å²) in [7, 11) is 0. The summed E-state index contributed by atoms with van der Waals surface area (Å²) in [5, 5.41) is 3.79. The van der Waals surface area contributed by atoms with E-state index >= 15 is 0 Å². The Morgan fingerprint density at radius 2 is 1.00 bits per heavy atom. The van der Waals surface area contributed by atoms with E-state index in [9.17, 15) is 9.59 Å². The second-order valence-corrected chi connectivity index (χ2v) is 25.2. The Morgan fingerprint density at radius 1 is 0.529 bits per heavy atom. The van der Waals surface area contributed by atoms with E-state index in [1.165, 1.54) is 94.4 Å². The van der Waals surface area contributed by atoms with Crippen LogP contribution in [0.15, 0.2) is 186 Å². The van der Waals surface area contributed by atoms with Crippen LogP contribution in [0.2, 0.25) is 5.15 Å². The van der Waals surface area contributed by atoms with Crippen LogP contribution in [0.4, 0.5) is 17.2 Å². The van der Waals surface area contributed by atoms with Crippen LogP contribution < -0.4 is 39.4 Å². The average Bonchev–Trinajstić information content (AvgIpc) is 1.66. The Balaban J connectivity index is 0.000000128. The second-order valence-electron chi connectivity index (χ2n) is 24.8. The third kappa shape index (κ3) is 12.5. The molecule has 446 valence electrons. The fourth-order valence-corrected chi connectivity index (χ4v) is 14.8. The summed E-state index contributed by atoms with van der Waals surface area (Å²) in [6.45, 7) is 17.1. The molecule has 12 nitrogen and oxygen atoms in total. The lowest BCUT2D eigenvalue weighted by Crippen LogP contribution is -3.00. The molecule has 14 heteroatoms. The first-order valence-corrected chi connectivity index (χ1v) is 30.9. The maximum atomic E-state index is 13.8. The molecule has 0 spiro atoms. The smallest absolute Gasteiger partial charge is 0.335 e. The van der Waals surface area contributed by atoms with Gasteiger partial charge in [-0.05, 0) is 213 Å². The third-order valence-corrected chi connectivity index (χ3v) is 18.5. The number of pyridine rings is 2. The van der Waals surface area contributed by atoms with E-state index in [4.69, 9.17) is 22.3 Å². The lowest BCUT2D eigenvalue weighted by molar-refractivity contribution is -0.595. The largest absolute Gasteiger partial charge is 1.00 e. The minimum atomic E-state index is 0. The van der Waals surface area contributed by atoms with Crippen LogP contribution in [0.25, 0.3) is 45.1 Å². The molecule has 6 atom stereocenters. The Hall–Kier alpha value is -8.45. The number of benzene rings is 6. The first-order valence-electron chi connectivity index (χ1n) is 30.5. The molecule has 3 N–H and O–H groups in total. The number of imidazole rings is 3. The Morgan fingerprint density at radius 3 is 1.46 bits per heavy atom. The zero-order valence-electron chi connectivity index (χ0n) is 51.1. The van der Waals surface area contributed by atoms with Crippen molar-refractivity contribution in [3.63, 3.8) is 0 Å². The second kappa shape index (κ2) is 25.5. The topological polar surface area (TPSA) is 126 Å². The van der Waals surface area contributed by atoms with Gasteiger partial charge in [0.1, 0.15) is 34.7 Å². The molecule has 0 aliphatic heterocycles. The normalized spacial score (nSPS) is 18.8. The van der Waals surface area contributed by atoms with Gasteiger partial charge in [-0.15, -0.1) is 0 Å². The Labute approximate surface area is 521 Å². The summed E-state index contributed by atoms with van der Waals surface area (Å²) >= 11 is 6.15. The highest BCUT2D eigenvalue weighted by Gasteiger charge is 2.43. The van der Waals surface area contributed by atoms with Gasteiger partial charge in [0.25, 0.3) is 6.33 Å². The van der Waals surface area contributed by atoms with Crippen LogP contribution in [0.3, 0.4) is 0 Å². The fourth-order valence-electron chi connectivity index (χ4n) is 14.7. The average molecular weight is 1200 g/mol. The molecule has 4 aliphatic carbocycles. The molecule has 4 saturated carbocycles. The third-order valence-electron chi connectivity index (χ3n) is 18.3. The quantitative estimate of drug-likeness (QED) is 0.0886. The van der Waals surface area contributed by atoms with Gasteiger partial charge in [0.05, 0.1) is 22.4 Å². The van der Waals surface area contributed by atoms with Crippen molar-refractivity contribution in [2.24, 2.45) is 23.7 Å². The number of fused-ring (bicyclic) bond motifs is 6. The van der Waals surface area contributed by atoms with Crippen LogP contribution in [0.5, 0.6) is 0 Å². The van der Waals surface area contributed by atoms with Crippen LogP contribution in [0.1, 0.15) is 108 Å². The molecule has 6 unspecified atom stereocenters. The minimum absolute atomic E-state index is 0. The predicted molar refractivity (Wildman–Crippen MR) is 350 cm³/mol. The van der Waals surface area contributed by atoms with Gasteiger partial charge in [0.15, 0.2) is 11.3 Å². The molecule has 11 aromatic rings. The van der Waals surface area contributed by atoms with Crippen LogP contribution in [0, 0.1) is 79.1 Å². The summed E-state index contributed by atoms with van der Waals surface area (Å²) in [5.41, 5.74) is 24.9. The number of nitrogens with one attached hydrogen (secondary N) is 1. The van der Waals surface area contributed by atoms with Crippen molar-refractivity contribution in [1.82, 2.24) is 32.8 Å². The summed E-state index contributed by atoms with van der Waals surface area (Å²) in [4.78, 5) is 36.6. The lowest BCUT2D eigenvalue weighted by atomic mass is 9.95. The summed E-state index contributed by atoms with van der Waals surface area (Å²) < 4.78 is 12.0. The molecule has 15 rings (SSSR count). The Bertz CT molecular complexity index is 4250. The molecule has 0 radical (unpaired) electrons. The van der Waals surface area contributed by atoms with E-state index in [2.05, 4.69) is 129 Å². The maximum Gasteiger partial charge on any atom is 0.335 e. The number of aromatic nitrogens is 8. The molecular weight excluding hydrogens is 1120 g/mol. The van der Waals surface area contributed by atoms with Crippen molar-refractivity contribution in [3.8, 4) is 22.7 Å². The lowest BCUT2D eigenvalue weighted by Gasteiger charge is -2.23. The summed E-state index contributed by atoms with van der Waals surface area (Å²) in [6, 6.07) is 53.0. The zero-order valence-corrected chi connectivity index (χ0v) is 52.6. The SMILES string of the molecule is Cc1cc(C)c(-n2cc[n+](-c3c(C)cc(C)cc3C)c2)c(C)c1.Cc1ccc(-n2c(=O)n(C3CC4CCC3C4)c3ccc(Cl)nc32)cc1.Cc1ccc(-n2c(=O)n(C3CC4CCC3C4)c3ccc(Nc4ccccc4)nc32)cc1.Nc1ccccc1.[Cl-]. The number of anilines is 3. The van der Waals surface area contributed by atoms with E-state index in [1.807, 2.05) is 125 Å². The van der Waals surface area contributed by atoms with E-state index in [0.29, 0.717) is 28.7 Å². The zero-order chi connectivity index (χ0) is 59.9. The fraction of sp³-hybridized carbons (Fsp3) is 0.301. The number of hydrogen-bond acceptors (Lipinski definition) is 6. The molecule has 87 heavy (non-hydrogen) atoms. The highest BCUT2D eigenvalue weighted by atomic mass is 35.5. The molecule has 4 bridgehead atoms. The van der Waals surface area contributed by atoms with Crippen molar-refractivity contribution < 1.29 is 17.0 Å². The van der Waals surface area contributed by atoms with Crippen molar-refractivity contribution in [3.05, 3.63) is 247 Å². The first-order chi connectivity index (χ1) is 41.5. The molecular formula is C73H78Cl2N10O2. The van der Waals surface area contributed by atoms with Gasteiger partial charge >= 0.3 is 11.4 Å². The summed E-state index contributed by atoms with van der Waals surface area (Å²) in [5.74, 6) is 3.52. The van der Waals surface area contributed by atoms with Crippen molar-refractivity contribution in [1.29, 1.82) is 0 Å². The highest BCUT2D eigenvalue weighted by Crippen LogP contribution is 2.52. The maximum absolute atomic E-state index is 13.8. The predicted octanol–water partition coefficient (Wildman–Crippen LogP) is 13.0. The van der Waals surface area contributed by atoms with Crippen LogP contribution >= 0.6 is 11.6 Å². The van der Waals surface area contributed by atoms with Gasteiger partial charge < -0.3 is 23.5 Å². The molecule has 4 fully saturated rings. The van der Waals surface area contributed by atoms with E-state index < -0.39 is 0 Å². The monoisotopic (exact) mass is 1200 g/mol.